The average molecular weight is 281 g/mol. The molecule has 2 aromatic rings. The smallest absolute Gasteiger partial charge is 0.122 e. The molecule has 2 atom stereocenters. The molecule has 2 nitrogen and oxygen atoms in total. The van der Waals surface area contributed by atoms with Crippen LogP contribution in [0.25, 0.3) is 0 Å². The lowest BCUT2D eigenvalue weighted by Crippen LogP contribution is -2.19. The van der Waals surface area contributed by atoms with Crippen molar-refractivity contribution >= 4 is 22.9 Å². The second-order valence-corrected chi connectivity index (χ2v) is 6.11. The minimum atomic E-state index is -0.507. The number of hydrogen-bond donors (Lipinski definition) is 1. The van der Waals surface area contributed by atoms with Gasteiger partial charge in [-0.1, -0.05) is 29.8 Å². The van der Waals surface area contributed by atoms with Crippen LogP contribution < -0.4 is 4.74 Å². The number of para-hydroxylation sites is 1. The van der Waals surface area contributed by atoms with Crippen LogP contribution in [0.4, 0.5) is 0 Å². The van der Waals surface area contributed by atoms with Crippen LogP contribution in [0.1, 0.15) is 28.9 Å². The molecule has 94 valence electrons. The maximum Gasteiger partial charge on any atom is 0.122 e. The summed E-state index contributed by atoms with van der Waals surface area (Å²) in [5.74, 6) is 0.972. The van der Waals surface area contributed by atoms with Crippen LogP contribution in [0, 0.1) is 0 Å². The molecular formula is C14H13ClO2S. The van der Waals surface area contributed by atoms with Crippen molar-refractivity contribution in [2.45, 2.75) is 18.4 Å². The summed E-state index contributed by atoms with van der Waals surface area (Å²) >= 11 is 7.37. The average Bonchev–Trinajstić information content (AvgIpc) is 2.84. The van der Waals surface area contributed by atoms with Gasteiger partial charge in [-0.2, -0.15) is 0 Å². The van der Waals surface area contributed by atoms with Gasteiger partial charge in [0.1, 0.15) is 5.75 Å². The molecule has 0 saturated heterocycles. The SMILES string of the molecule is OC(c1ccc(Cl)s1)C1CCOc2ccccc21. The van der Waals surface area contributed by atoms with E-state index in [2.05, 4.69) is 0 Å². The predicted octanol–water partition coefficient (Wildman–Crippen LogP) is 4.00. The summed E-state index contributed by atoms with van der Waals surface area (Å²) in [6, 6.07) is 11.6. The van der Waals surface area contributed by atoms with E-state index < -0.39 is 6.10 Å². The number of aliphatic hydroxyl groups is 1. The van der Waals surface area contributed by atoms with Gasteiger partial charge in [0.2, 0.25) is 0 Å². The Kier molecular flexibility index (Phi) is 3.29. The number of thiophene rings is 1. The number of benzene rings is 1. The molecule has 4 heteroatoms. The number of rotatable bonds is 2. The number of ether oxygens (including phenoxy) is 1. The predicted molar refractivity (Wildman–Crippen MR) is 73.6 cm³/mol. The third-order valence-electron chi connectivity index (χ3n) is 3.27. The van der Waals surface area contributed by atoms with E-state index >= 15 is 0 Å². The molecule has 0 aliphatic carbocycles. The second kappa shape index (κ2) is 4.92. The molecule has 0 fully saturated rings. The highest BCUT2D eigenvalue weighted by Gasteiger charge is 2.29. The fourth-order valence-corrected chi connectivity index (χ4v) is 3.50. The van der Waals surface area contributed by atoms with E-state index in [1.165, 1.54) is 11.3 Å². The van der Waals surface area contributed by atoms with E-state index in [1.54, 1.807) is 0 Å². The Labute approximate surface area is 115 Å². The van der Waals surface area contributed by atoms with E-state index in [0.717, 1.165) is 22.6 Å². The molecule has 1 aromatic heterocycles. The fourth-order valence-electron chi connectivity index (χ4n) is 2.38. The van der Waals surface area contributed by atoms with E-state index in [1.807, 2.05) is 36.4 Å². The van der Waals surface area contributed by atoms with Gasteiger partial charge in [-0.25, -0.2) is 0 Å². The van der Waals surface area contributed by atoms with Gasteiger partial charge in [0.25, 0.3) is 0 Å². The number of aliphatic hydroxyl groups excluding tert-OH is 1. The summed E-state index contributed by atoms with van der Waals surface area (Å²) in [5.41, 5.74) is 1.08. The summed E-state index contributed by atoms with van der Waals surface area (Å²) in [6.07, 6.45) is 0.320. The quantitative estimate of drug-likeness (QED) is 0.901. The van der Waals surface area contributed by atoms with Gasteiger partial charge in [-0.3, -0.25) is 0 Å². The van der Waals surface area contributed by atoms with E-state index in [9.17, 15) is 5.11 Å². The van der Waals surface area contributed by atoms with Gasteiger partial charge in [-0.15, -0.1) is 11.3 Å². The molecule has 18 heavy (non-hydrogen) atoms. The minimum absolute atomic E-state index is 0.0877. The highest BCUT2D eigenvalue weighted by molar-refractivity contribution is 7.16. The molecule has 1 aliphatic rings. The summed E-state index contributed by atoms with van der Waals surface area (Å²) in [7, 11) is 0. The monoisotopic (exact) mass is 280 g/mol. The molecule has 2 heterocycles. The van der Waals surface area contributed by atoms with Gasteiger partial charge < -0.3 is 9.84 Å². The third-order valence-corrected chi connectivity index (χ3v) is 4.57. The van der Waals surface area contributed by atoms with Crippen molar-refractivity contribution in [3.8, 4) is 5.75 Å². The normalized spacial score (nSPS) is 20.0. The zero-order valence-electron chi connectivity index (χ0n) is 9.67. The van der Waals surface area contributed by atoms with Crippen molar-refractivity contribution in [2.24, 2.45) is 0 Å². The van der Waals surface area contributed by atoms with Crippen LogP contribution in [-0.2, 0) is 0 Å². The minimum Gasteiger partial charge on any atom is -0.493 e. The first-order valence-corrected chi connectivity index (χ1v) is 7.10. The Bertz CT molecular complexity index is 552. The van der Waals surface area contributed by atoms with Gasteiger partial charge in [0.05, 0.1) is 17.0 Å². The standard InChI is InChI=1S/C14H13ClO2S/c15-13-6-5-12(18-13)14(16)10-7-8-17-11-4-2-1-3-9(10)11/h1-6,10,14,16H,7-8H2. The van der Waals surface area contributed by atoms with E-state index in [0.29, 0.717) is 10.9 Å². The molecule has 0 saturated carbocycles. The van der Waals surface area contributed by atoms with E-state index in [4.69, 9.17) is 16.3 Å². The third kappa shape index (κ3) is 2.14. The van der Waals surface area contributed by atoms with Crippen LogP contribution in [0.2, 0.25) is 4.34 Å². The van der Waals surface area contributed by atoms with Gasteiger partial charge in [0, 0.05) is 16.4 Å². The Balaban J connectivity index is 1.94. The Hall–Kier alpha value is -1.03. The Morgan fingerprint density at radius 1 is 1.28 bits per heavy atom. The molecule has 1 N–H and O–H groups in total. The summed E-state index contributed by atoms with van der Waals surface area (Å²) in [5, 5.41) is 10.5. The largest absolute Gasteiger partial charge is 0.493 e. The summed E-state index contributed by atoms with van der Waals surface area (Å²) < 4.78 is 6.32. The van der Waals surface area contributed by atoms with Crippen LogP contribution in [0.15, 0.2) is 36.4 Å². The van der Waals surface area contributed by atoms with Crippen molar-refractivity contribution in [3.05, 3.63) is 51.2 Å². The van der Waals surface area contributed by atoms with Crippen LogP contribution >= 0.6 is 22.9 Å². The topological polar surface area (TPSA) is 29.5 Å². The second-order valence-electron chi connectivity index (χ2n) is 4.37. The zero-order chi connectivity index (χ0) is 12.5. The number of halogens is 1. The molecule has 3 rings (SSSR count). The lowest BCUT2D eigenvalue weighted by Gasteiger charge is -2.29. The summed E-state index contributed by atoms with van der Waals surface area (Å²) in [6.45, 7) is 0.651. The molecular weight excluding hydrogens is 268 g/mol. The molecule has 1 aromatic carbocycles. The lowest BCUT2D eigenvalue weighted by molar-refractivity contribution is 0.120. The molecule has 0 spiro atoms. The molecule has 0 amide bonds. The van der Waals surface area contributed by atoms with Gasteiger partial charge in [-0.05, 0) is 24.6 Å². The van der Waals surface area contributed by atoms with Crippen molar-refractivity contribution in [2.75, 3.05) is 6.61 Å². The highest BCUT2D eigenvalue weighted by atomic mass is 35.5. The van der Waals surface area contributed by atoms with Crippen molar-refractivity contribution in [3.63, 3.8) is 0 Å². The van der Waals surface area contributed by atoms with Gasteiger partial charge in [0.15, 0.2) is 0 Å². The molecule has 0 radical (unpaired) electrons. The molecule has 0 bridgehead atoms. The Morgan fingerprint density at radius 3 is 2.89 bits per heavy atom. The number of fused-ring (bicyclic) bond motifs is 1. The lowest BCUT2D eigenvalue weighted by atomic mass is 9.87. The van der Waals surface area contributed by atoms with Crippen LogP contribution in [0.3, 0.4) is 0 Å². The maximum absolute atomic E-state index is 10.5. The number of hydrogen-bond acceptors (Lipinski definition) is 3. The molecule has 1 aliphatic heterocycles. The van der Waals surface area contributed by atoms with E-state index in [-0.39, 0.29) is 5.92 Å². The first-order chi connectivity index (χ1) is 8.75. The summed E-state index contributed by atoms with van der Waals surface area (Å²) in [4.78, 5) is 0.918. The van der Waals surface area contributed by atoms with Crippen molar-refractivity contribution in [1.29, 1.82) is 0 Å². The van der Waals surface area contributed by atoms with Crippen LogP contribution in [-0.4, -0.2) is 11.7 Å². The first-order valence-electron chi connectivity index (χ1n) is 5.91. The van der Waals surface area contributed by atoms with Crippen LogP contribution in [0.5, 0.6) is 5.75 Å². The fraction of sp³-hybridized carbons (Fsp3) is 0.286. The molecule has 2 unspecified atom stereocenters. The maximum atomic E-state index is 10.5. The van der Waals surface area contributed by atoms with Crippen molar-refractivity contribution < 1.29 is 9.84 Å². The van der Waals surface area contributed by atoms with Gasteiger partial charge >= 0.3 is 0 Å². The Morgan fingerprint density at radius 2 is 2.11 bits per heavy atom. The first kappa shape index (κ1) is 12.0. The van der Waals surface area contributed by atoms with Crippen molar-refractivity contribution in [1.82, 2.24) is 0 Å². The highest BCUT2D eigenvalue weighted by Crippen LogP contribution is 2.43. The zero-order valence-corrected chi connectivity index (χ0v) is 11.2.